The fourth-order valence-electron chi connectivity index (χ4n) is 1.04. The van der Waals surface area contributed by atoms with E-state index >= 15 is 0 Å². The van der Waals surface area contributed by atoms with Gasteiger partial charge in [-0.25, -0.2) is 4.99 Å². The second kappa shape index (κ2) is 4.39. The summed E-state index contributed by atoms with van der Waals surface area (Å²) in [4.78, 5) is 3.56. The van der Waals surface area contributed by atoms with Gasteiger partial charge in [-0.2, -0.15) is 5.21 Å². The Morgan fingerprint density at radius 2 is 2.44 bits per heavy atom. The summed E-state index contributed by atoms with van der Waals surface area (Å²) >= 11 is 0. The number of aryl methyl sites for hydroxylation is 1. The molecule has 2 aromatic rings. The molecule has 0 atom stereocenters. The third-order valence-corrected chi connectivity index (χ3v) is 1.70. The third kappa shape index (κ3) is 2.53. The van der Waals surface area contributed by atoms with Crippen LogP contribution < -0.4 is 5.11 Å². The fraction of sp³-hybridized carbons (Fsp3) is 0.111. The number of nitrogens with zero attached hydrogens (tertiary/aromatic N) is 4. The number of furan rings is 1. The Morgan fingerprint density at radius 3 is 3.06 bits per heavy atom. The first-order chi connectivity index (χ1) is 7.74. The molecule has 0 unspecified atom stereocenters. The van der Waals surface area contributed by atoms with E-state index in [2.05, 4.69) is 25.6 Å². The third-order valence-electron chi connectivity index (χ3n) is 1.70. The molecule has 2 aromatic heterocycles. The molecule has 0 aliphatic heterocycles. The van der Waals surface area contributed by atoms with E-state index in [1.54, 1.807) is 12.1 Å². The topological polar surface area (TPSA) is 103 Å². The highest BCUT2D eigenvalue weighted by Crippen LogP contribution is 2.07. The van der Waals surface area contributed by atoms with Crippen LogP contribution in [-0.2, 0) is 0 Å². The molecule has 0 spiro atoms. The molecule has 82 valence electrons. The van der Waals surface area contributed by atoms with Crippen LogP contribution in [0.2, 0.25) is 0 Å². The van der Waals surface area contributed by atoms with Crippen molar-refractivity contribution in [2.45, 2.75) is 6.92 Å². The molecule has 0 radical (unpaired) electrons. The summed E-state index contributed by atoms with van der Waals surface area (Å²) < 4.78 is 5.24. The van der Waals surface area contributed by atoms with Crippen LogP contribution in [0.4, 0.5) is 5.95 Å². The SMILES string of the molecule is Cc1ccc(C=CC([O-])=Nc2nn[nH]n2)o1. The summed E-state index contributed by atoms with van der Waals surface area (Å²) in [6, 6.07) is 3.56. The van der Waals surface area contributed by atoms with Gasteiger partial charge in [-0.15, -0.1) is 5.10 Å². The average molecular weight is 218 g/mol. The van der Waals surface area contributed by atoms with Crippen LogP contribution in [0.1, 0.15) is 11.5 Å². The standard InChI is InChI=1S/C9H9N5O2/c1-6-2-3-7(16-6)4-5-8(15)10-9-11-13-14-12-9/h2-5H,1H3,(H2,10,11,12,13,14,15)/p-1. The van der Waals surface area contributed by atoms with Crippen LogP contribution in [0.25, 0.3) is 6.08 Å². The van der Waals surface area contributed by atoms with Gasteiger partial charge in [0.15, 0.2) is 0 Å². The van der Waals surface area contributed by atoms with Gasteiger partial charge >= 0.3 is 0 Å². The molecule has 1 N–H and O–H groups in total. The molecule has 2 heterocycles. The van der Waals surface area contributed by atoms with Crippen LogP contribution in [0.15, 0.2) is 27.6 Å². The Bertz CT molecular complexity index is 512. The van der Waals surface area contributed by atoms with Crippen molar-refractivity contribution in [2.24, 2.45) is 4.99 Å². The Hall–Kier alpha value is -2.44. The monoisotopic (exact) mass is 218 g/mol. The van der Waals surface area contributed by atoms with Crippen molar-refractivity contribution in [3.8, 4) is 0 Å². The highest BCUT2D eigenvalue weighted by molar-refractivity contribution is 5.89. The quantitative estimate of drug-likeness (QED) is 0.585. The van der Waals surface area contributed by atoms with Gasteiger partial charge in [0, 0.05) is 0 Å². The number of hydrogen-bond donors (Lipinski definition) is 1. The van der Waals surface area contributed by atoms with E-state index in [-0.39, 0.29) is 5.95 Å². The number of H-pyrrole nitrogens is 1. The summed E-state index contributed by atoms with van der Waals surface area (Å²) in [5, 5.41) is 23.8. The van der Waals surface area contributed by atoms with Crippen LogP contribution in [0.3, 0.4) is 0 Å². The van der Waals surface area contributed by atoms with Crippen LogP contribution in [0, 0.1) is 6.92 Å². The second-order valence-electron chi connectivity index (χ2n) is 2.94. The number of aliphatic imine (C=N–C) groups is 1. The summed E-state index contributed by atoms with van der Waals surface area (Å²) in [5.74, 6) is 0.900. The zero-order chi connectivity index (χ0) is 11.4. The van der Waals surface area contributed by atoms with Gasteiger partial charge in [-0.1, -0.05) is 5.10 Å². The van der Waals surface area contributed by atoms with Crippen molar-refractivity contribution in [1.82, 2.24) is 20.6 Å². The van der Waals surface area contributed by atoms with Crippen molar-refractivity contribution >= 4 is 17.9 Å². The van der Waals surface area contributed by atoms with Crippen molar-refractivity contribution in [2.75, 3.05) is 0 Å². The molecule has 0 aliphatic rings. The molecule has 2 rings (SSSR count). The van der Waals surface area contributed by atoms with E-state index in [0.717, 1.165) is 5.76 Å². The molecule has 7 heteroatoms. The number of tetrazole rings is 1. The lowest BCUT2D eigenvalue weighted by Gasteiger charge is -2.00. The number of rotatable bonds is 3. The van der Waals surface area contributed by atoms with Crippen molar-refractivity contribution in [3.63, 3.8) is 0 Å². The van der Waals surface area contributed by atoms with Crippen LogP contribution in [0.5, 0.6) is 0 Å². The fourth-order valence-corrected chi connectivity index (χ4v) is 1.04. The maximum absolute atomic E-state index is 11.3. The smallest absolute Gasteiger partial charge is 0.288 e. The Kier molecular flexibility index (Phi) is 2.77. The van der Waals surface area contributed by atoms with Gasteiger partial charge in [0.2, 0.25) is 0 Å². The second-order valence-corrected chi connectivity index (χ2v) is 2.94. The summed E-state index contributed by atoms with van der Waals surface area (Å²) in [6.07, 6.45) is 2.80. The highest BCUT2D eigenvalue weighted by Gasteiger charge is 1.93. The first-order valence-electron chi connectivity index (χ1n) is 4.48. The summed E-state index contributed by atoms with van der Waals surface area (Å²) in [5.41, 5.74) is 0. The maximum Gasteiger partial charge on any atom is 0.288 e. The lowest BCUT2D eigenvalue weighted by molar-refractivity contribution is -0.211. The maximum atomic E-state index is 11.3. The minimum atomic E-state index is -0.476. The zero-order valence-corrected chi connectivity index (χ0v) is 8.41. The zero-order valence-electron chi connectivity index (χ0n) is 8.41. The molecule has 0 aliphatic carbocycles. The van der Waals surface area contributed by atoms with E-state index in [1.807, 2.05) is 6.92 Å². The van der Waals surface area contributed by atoms with Crippen LogP contribution >= 0.6 is 0 Å². The summed E-state index contributed by atoms with van der Waals surface area (Å²) in [6.45, 7) is 1.82. The Labute approximate surface area is 90.5 Å². The minimum absolute atomic E-state index is 0.00488. The van der Waals surface area contributed by atoms with Gasteiger partial charge < -0.3 is 9.52 Å². The van der Waals surface area contributed by atoms with Gasteiger partial charge in [-0.05, 0) is 42.3 Å². The van der Waals surface area contributed by atoms with Crippen molar-refractivity contribution in [1.29, 1.82) is 0 Å². The molecule has 0 aromatic carbocycles. The summed E-state index contributed by atoms with van der Waals surface area (Å²) in [7, 11) is 0. The molecule has 0 saturated carbocycles. The van der Waals surface area contributed by atoms with E-state index in [4.69, 9.17) is 4.42 Å². The molecule has 0 saturated heterocycles. The lowest BCUT2D eigenvalue weighted by atomic mass is 10.4. The van der Waals surface area contributed by atoms with Crippen LogP contribution in [-0.4, -0.2) is 26.5 Å². The first-order valence-corrected chi connectivity index (χ1v) is 4.48. The molecule has 0 amide bonds. The van der Waals surface area contributed by atoms with Gasteiger partial charge in [0.25, 0.3) is 5.95 Å². The molecular weight excluding hydrogens is 210 g/mol. The largest absolute Gasteiger partial charge is 0.859 e. The predicted molar refractivity (Wildman–Crippen MR) is 53.8 cm³/mol. The van der Waals surface area contributed by atoms with Gasteiger partial charge in [0.05, 0.1) is 0 Å². The molecular formula is C9H8N5O2-. The Morgan fingerprint density at radius 1 is 1.56 bits per heavy atom. The number of aromatic nitrogens is 4. The molecule has 16 heavy (non-hydrogen) atoms. The highest BCUT2D eigenvalue weighted by atomic mass is 16.3. The molecule has 7 nitrogen and oxygen atoms in total. The lowest BCUT2D eigenvalue weighted by Crippen LogP contribution is -2.13. The van der Waals surface area contributed by atoms with Crippen molar-refractivity contribution < 1.29 is 9.52 Å². The van der Waals surface area contributed by atoms with E-state index < -0.39 is 5.90 Å². The Balaban J connectivity index is 2.07. The van der Waals surface area contributed by atoms with E-state index in [0.29, 0.717) is 5.76 Å². The van der Waals surface area contributed by atoms with Crippen molar-refractivity contribution in [3.05, 3.63) is 29.7 Å². The number of hydrogen-bond acceptors (Lipinski definition) is 6. The number of aromatic amines is 1. The average Bonchev–Trinajstić information content (AvgIpc) is 2.87. The first kappa shape index (κ1) is 10.1. The van der Waals surface area contributed by atoms with E-state index in [9.17, 15) is 5.11 Å². The molecule has 0 fully saturated rings. The molecule has 0 bridgehead atoms. The predicted octanol–water partition coefficient (Wildman–Crippen LogP) is 0.205. The van der Waals surface area contributed by atoms with Gasteiger partial charge in [0.1, 0.15) is 11.5 Å². The van der Waals surface area contributed by atoms with E-state index in [1.165, 1.54) is 12.2 Å². The number of nitrogens with one attached hydrogen (secondary N) is 1. The normalized spacial score (nSPS) is 12.4. The minimum Gasteiger partial charge on any atom is -0.859 e. The van der Waals surface area contributed by atoms with Gasteiger partial charge in [-0.3, -0.25) is 0 Å².